The van der Waals surface area contributed by atoms with Gasteiger partial charge in [0.1, 0.15) is 5.75 Å². The normalized spacial score (nSPS) is 13.7. The highest BCUT2D eigenvalue weighted by Crippen LogP contribution is 2.20. The molecule has 2 aromatic carbocycles. The first kappa shape index (κ1) is 16.1. The largest absolute Gasteiger partial charge is 0.497 e. The van der Waals surface area contributed by atoms with Gasteiger partial charge in [-0.25, -0.2) is 0 Å². The lowest BCUT2D eigenvalue weighted by Crippen LogP contribution is -2.30. The van der Waals surface area contributed by atoms with Crippen LogP contribution in [0.2, 0.25) is 0 Å². The molecule has 0 bridgehead atoms. The van der Waals surface area contributed by atoms with Gasteiger partial charge in [0, 0.05) is 16.6 Å². The zero-order valence-corrected chi connectivity index (χ0v) is 14.4. The van der Waals surface area contributed by atoms with Crippen molar-refractivity contribution < 1.29 is 4.74 Å². The van der Waals surface area contributed by atoms with Gasteiger partial charge in [-0.1, -0.05) is 40.2 Å². The van der Waals surface area contributed by atoms with Gasteiger partial charge in [-0.3, -0.25) is 0 Å². The van der Waals surface area contributed by atoms with Crippen LogP contribution in [-0.4, -0.2) is 13.2 Å². The second-order valence-corrected chi connectivity index (χ2v) is 6.31. The molecule has 1 N–H and O–H groups in total. The second kappa shape index (κ2) is 7.62. The summed E-state index contributed by atoms with van der Waals surface area (Å²) in [6.45, 7) is 4.41. The van der Waals surface area contributed by atoms with Crippen LogP contribution in [0.25, 0.3) is 0 Å². The SMILES string of the molecule is COc1cccc(C(C)NC(C)Cc2ccc(Br)cc2)c1. The highest BCUT2D eigenvalue weighted by atomic mass is 79.9. The Hall–Kier alpha value is -1.32. The van der Waals surface area contributed by atoms with Crippen LogP contribution in [0.1, 0.15) is 31.0 Å². The monoisotopic (exact) mass is 347 g/mol. The van der Waals surface area contributed by atoms with Crippen molar-refractivity contribution in [2.45, 2.75) is 32.4 Å². The lowest BCUT2D eigenvalue weighted by molar-refractivity contribution is 0.412. The van der Waals surface area contributed by atoms with E-state index in [9.17, 15) is 0 Å². The van der Waals surface area contributed by atoms with Gasteiger partial charge in [0.05, 0.1) is 7.11 Å². The van der Waals surface area contributed by atoms with Gasteiger partial charge in [0.15, 0.2) is 0 Å². The van der Waals surface area contributed by atoms with Crippen molar-refractivity contribution in [2.75, 3.05) is 7.11 Å². The Morgan fingerprint density at radius 2 is 1.81 bits per heavy atom. The molecule has 2 nitrogen and oxygen atoms in total. The highest BCUT2D eigenvalue weighted by Gasteiger charge is 2.10. The molecule has 0 saturated carbocycles. The number of halogens is 1. The molecule has 0 aliphatic heterocycles. The van der Waals surface area contributed by atoms with E-state index in [0.29, 0.717) is 12.1 Å². The van der Waals surface area contributed by atoms with Gasteiger partial charge in [0.25, 0.3) is 0 Å². The Bertz CT molecular complexity index is 568. The van der Waals surface area contributed by atoms with E-state index in [-0.39, 0.29) is 0 Å². The highest BCUT2D eigenvalue weighted by molar-refractivity contribution is 9.10. The summed E-state index contributed by atoms with van der Waals surface area (Å²) in [6, 6.07) is 17.4. The van der Waals surface area contributed by atoms with Crippen molar-refractivity contribution in [2.24, 2.45) is 0 Å². The number of methoxy groups -OCH3 is 1. The minimum absolute atomic E-state index is 0.297. The van der Waals surface area contributed by atoms with E-state index in [0.717, 1.165) is 16.6 Å². The van der Waals surface area contributed by atoms with Crippen molar-refractivity contribution >= 4 is 15.9 Å². The first-order valence-electron chi connectivity index (χ1n) is 7.23. The van der Waals surface area contributed by atoms with E-state index in [1.54, 1.807) is 7.11 Å². The van der Waals surface area contributed by atoms with E-state index in [1.165, 1.54) is 11.1 Å². The molecule has 0 heterocycles. The summed E-state index contributed by atoms with van der Waals surface area (Å²) >= 11 is 3.47. The van der Waals surface area contributed by atoms with Crippen LogP contribution in [0.15, 0.2) is 53.0 Å². The fourth-order valence-corrected chi connectivity index (χ4v) is 2.73. The Morgan fingerprint density at radius 3 is 2.48 bits per heavy atom. The minimum atomic E-state index is 0.297. The Balaban J connectivity index is 1.94. The smallest absolute Gasteiger partial charge is 0.119 e. The van der Waals surface area contributed by atoms with Crippen molar-refractivity contribution in [3.05, 3.63) is 64.1 Å². The third-order valence-electron chi connectivity index (χ3n) is 3.58. The minimum Gasteiger partial charge on any atom is -0.497 e. The maximum absolute atomic E-state index is 5.28. The number of nitrogens with one attached hydrogen (secondary N) is 1. The molecule has 0 saturated heterocycles. The lowest BCUT2D eigenvalue weighted by Gasteiger charge is -2.21. The van der Waals surface area contributed by atoms with Gasteiger partial charge >= 0.3 is 0 Å². The molecule has 0 radical (unpaired) electrons. The van der Waals surface area contributed by atoms with Crippen LogP contribution in [-0.2, 0) is 6.42 Å². The number of hydrogen-bond donors (Lipinski definition) is 1. The van der Waals surface area contributed by atoms with E-state index in [2.05, 4.69) is 71.5 Å². The fraction of sp³-hybridized carbons (Fsp3) is 0.333. The summed E-state index contributed by atoms with van der Waals surface area (Å²) in [6.07, 6.45) is 1.02. The van der Waals surface area contributed by atoms with E-state index < -0.39 is 0 Å². The molecule has 0 aliphatic rings. The van der Waals surface area contributed by atoms with Crippen LogP contribution >= 0.6 is 15.9 Å². The first-order chi connectivity index (χ1) is 10.1. The van der Waals surface area contributed by atoms with E-state index in [1.807, 2.05) is 12.1 Å². The summed E-state index contributed by atoms with van der Waals surface area (Å²) in [5.74, 6) is 0.904. The average Bonchev–Trinajstić information content (AvgIpc) is 2.49. The average molecular weight is 348 g/mol. The number of ether oxygens (including phenoxy) is 1. The zero-order chi connectivity index (χ0) is 15.2. The number of benzene rings is 2. The van der Waals surface area contributed by atoms with Gasteiger partial charge in [-0.15, -0.1) is 0 Å². The molecule has 0 fully saturated rings. The van der Waals surface area contributed by atoms with Crippen molar-refractivity contribution in [1.82, 2.24) is 5.32 Å². The van der Waals surface area contributed by atoms with Gasteiger partial charge in [-0.2, -0.15) is 0 Å². The van der Waals surface area contributed by atoms with Crippen LogP contribution in [0, 0.1) is 0 Å². The Labute approximate surface area is 135 Å². The lowest BCUT2D eigenvalue weighted by atomic mass is 10.0. The topological polar surface area (TPSA) is 21.3 Å². The Kier molecular flexibility index (Phi) is 5.83. The fourth-order valence-electron chi connectivity index (χ4n) is 2.47. The maximum atomic E-state index is 5.28. The summed E-state index contributed by atoms with van der Waals surface area (Å²) in [5.41, 5.74) is 2.59. The molecular weight excluding hydrogens is 326 g/mol. The molecule has 2 aromatic rings. The van der Waals surface area contributed by atoms with Crippen molar-refractivity contribution in [3.63, 3.8) is 0 Å². The van der Waals surface area contributed by atoms with E-state index >= 15 is 0 Å². The molecular formula is C18H22BrNO. The summed E-state index contributed by atoms with van der Waals surface area (Å²) in [7, 11) is 1.70. The predicted octanol–water partition coefficient (Wildman–Crippen LogP) is 4.74. The summed E-state index contributed by atoms with van der Waals surface area (Å²) in [4.78, 5) is 0. The van der Waals surface area contributed by atoms with Gasteiger partial charge < -0.3 is 10.1 Å². The molecule has 0 amide bonds. The standard InChI is InChI=1S/C18H22BrNO/c1-13(11-15-7-9-17(19)10-8-15)20-14(2)16-5-4-6-18(12-16)21-3/h4-10,12-14,20H,11H2,1-3H3. The quantitative estimate of drug-likeness (QED) is 0.814. The maximum Gasteiger partial charge on any atom is 0.119 e. The number of hydrogen-bond acceptors (Lipinski definition) is 2. The summed E-state index contributed by atoms with van der Waals surface area (Å²) < 4.78 is 6.41. The van der Waals surface area contributed by atoms with Crippen molar-refractivity contribution in [3.8, 4) is 5.75 Å². The van der Waals surface area contributed by atoms with Crippen LogP contribution < -0.4 is 10.1 Å². The molecule has 3 heteroatoms. The van der Waals surface area contributed by atoms with Crippen LogP contribution in [0.5, 0.6) is 5.75 Å². The van der Waals surface area contributed by atoms with Crippen LogP contribution in [0.3, 0.4) is 0 Å². The molecule has 2 unspecified atom stereocenters. The van der Waals surface area contributed by atoms with Gasteiger partial charge in [-0.05, 0) is 55.7 Å². The summed E-state index contributed by atoms with van der Waals surface area (Å²) in [5, 5.41) is 3.64. The molecule has 112 valence electrons. The van der Waals surface area contributed by atoms with Crippen molar-refractivity contribution in [1.29, 1.82) is 0 Å². The third kappa shape index (κ3) is 4.87. The zero-order valence-electron chi connectivity index (χ0n) is 12.8. The predicted molar refractivity (Wildman–Crippen MR) is 91.9 cm³/mol. The molecule has 0 spiro atoms. The van der Waals surface area contributed by atoms with Crippen LogP contribution in [0.4, 0.5) is 0 Å². The second-order valence-electron chi connectivity index (χ2n) is 5.40. The molecule has 0 aromatic heterocycles. The van der Waals surface area contributed by atoms with Gasteiger partial charge in [0.2, 0.25) is 0 Å². The number of rotatable bonds is 6. The Morgan fingerprint density at radius 1 is 1.10 bits per heavy atom. The van der Waals surface area contributed by atoms with E-state index in [4.69, 9.17) is 4.74 Å². The molecule has 2 rings (SSSR count). The molecule has 0 aliphatic carbocycles. The molecule has 21 heavy (non-hydrogen) atoms. The third-order valence-corrected chi connectivity index (χ3v) is 4.11. The molecule has 2 atom stereocenters. The first-order valence-corrected chi connectivity index (χ1v) is 8.02.